The fourth-order valence-corrected chi connectivity index (χ4v) is 2.31. The monoisotopic (exact) mass is 284 g/mol. The van der Waals surface area contributed by atoms with Gasteiger partial charge < -0.3 is 5.11 Å². The van der Waals surface area contributed by atoms with Crippen LogP contribution in [0, 0.1) is 17.3 Å². The van der Waals surface area contributed by atoms with Crippen molar-refractivity contribution in [1.82, 2.24) is 0 Å². The number of hydrogen-bond acceptors (Lipinski definition) is 1. The van der Waals surface area contributed by atoms with Crippen molar-refractivity contribution in [1.29, 1.82) is 0 Å². The highest BCUT2D eigenvalue weighted by Gasteiger charge is 2.61. The van der Waals surface area contributed by atoms with Gasteiger partial charge in [-0.05, 0) is 16.9 Å². The van der Waals surface area contributed by atoms with Crippen molar-refractivity contribution in [2.45, 2.75) is 18.7 Å². The van der Waals surface area contributed by atoms with Crippen molar-refractivity contribution < 1.29 is 23.1 Å². The lowest BCUT2D eigenvalue weighted by atomic mass is 9.98. The molecule has 0 saturated heterocycles. The number of halogens is 4. The van der Waals surface area contributed by atoms with Crippen LogP contribution in [-0.2, 0) is 4.79 Å². The van der Waals surface area contributed by atoms with Crippen LogP contribution in [0.3, 0.4) is 0 Å². The van der Waals surface area contributed by atoms with Crippen molar-refractivity contribution in [3.05, 3.63) is 11.6 Å². The summed E-state index contributed by atoms with van der Waals surface area (Å²) in [5.41, 5.74) is -0.757. The summed E-state index contributed by atoms with van der Waals surface area (Å²) < 4.78 is 38.3. The Kier molecular flexibility index (Phi) is 4.36. The molecule has 104 valence electrons. The summed E-state index contributed by atoms with van der Waals surface area (Å²) in [5, 5.41) is 8.96. The smallest absolute Gasteiger partial charge is 0.307 e. The number of carboxylic acid groups (broad SMARTS) is 1. The first-order chi connectivity index (χ1) is 8.24. The van der Waals surface area contributed by atoms with E-state index in [0.29, 0.717) is 0 Å². The van der Waals surface area contributed by atoms with E-state index in [1.54, 1.807) is 13.8 Å². The molecule has 0 radical (unpaired) electrons. The fourth-order valence-electron chi connectivity index (χ4n) is 2.20. The Labute approximate surface area is 109 Å². The summed E-state index contributed by atoms with van der Waals surface area (Å²) in [6.07, 6.45) is 1.28. The quantitative estimate of drug-likeness (QED) is 0.601. The van der Waals surface area contributed by atoms with Crippen LogP contribution in [0.4, 0.5) is 13.2 Å². The third-order valence-corrected chi connectivity index (χ3v) is 4.15. The fraction of sp³-hybridized carbons (Fsp3) is 0.750. The average Bonchev–Trinajstić information content (AvgIpc) is 2.86. The number of aliphatic carboxylic acids is 1. The lowest BCUT2D eigenvalue weighted by molar-refractivity contribution is -0.139. The third-order valence-electron chi connectivity index (χ3n) is 3.70. The molecule has 1 aliphatic rings. The van der Waals surface area contributed by atoms with Gasteiger partial charge in [0.2, 0.25) is 0 Å². The van der Waals surface area contributed by atoms with Gasteiger partial charge in [-0.2, -0.15) is 0 Å². The van der Waals surface area contributed by atoms with Gasteiger partial charge in [-0.15, -0.1) is 11.6 Å². The summed E-state index contributed by atoms with van der Waals surface area (Å²) in [4.78, 5) is 8.94. The van der Waals surface area contributed by atoms with Gasteiger partial charge in [-0.1, -0.05) is 19.9 Å². The van der Waals surface area contributed by atoms with Crippen LogP contribution in [-0.4, -0.2) is 36.0 Å². The van der Waals surface area contributed by atoms with Crippen LogP contribution in [0.15, 0.2) is 11.6 Å². The number of carbonyl (C=O) groups is 1. The molecule has 0 aromatic rings. The molecule has 2 atom stereocenters. The molecule has 6 heteroatoms. The molecule has 0 spiro atoms. The molecule has 2 unspecified atom stereocenters. The van der Waals surface area contributed by atoms with Crippen molar-refractivity contribution in [2.75, 3.05) is 20.0 Å². The van der Waals surface area contributed by atoms with Gasteiger partial charge >= 0.3 is 5.97 Å². The lowest BCUT2D eigenvalue weighted by Crippen LogP contribution is -2.31. The molecule has 0 aliphatic heterocycles. The first-order valence-corrected chi connectivity index (χ1v) is 5.93. The van der Waals surface area contributed by atoms with Gasteiger partial charge in [0.1, 0.15) is 24.9 Å². The molecular weight excluding hydrogens is 269 g/mol. The van der Waals surface area contributed by atoms with Crippen LogP contribution in [0.25, 0.3) is 0 Å². The lowest BCUT2D eigenvalue weighted by Gasteiger charge is -2.22. The molecule has 0 amide bonds. The maximum atomic E-state index is 12.9. The normalized spacial score (nSPS) is 27.1. The van der Waals surface area contributed by atoms with Crippen molar-refractivity contribution in [2.24, 2.45) is 17.3 Å². The molecule has 2 nitrogen and oxygen atoms in total. The summed E-state index contributed by atoms with van der Waals surface area (Å²) in [6.45, 7) is -0.124. The topological polar surface area (TPSA) is 37.3 Å². The van der Waals surface area contributed by atoms with Crippen molar-refractivity contribution in [3.63, 3.8) is 0 Å². The van der Waals surface area contributed by atoms with E-state index in [1.807, 2.05) is 0 Å². The highest BCUT2D eigenvalue weighted by Crippen LogP contribution is 2.59. The number of carboxylic acids is 1. The Morgan fingerprint density at radius 1 is 1.39 bits per heavy atom. The highest BCUT2D eigenvalue weighted by molar-refractivity contribution is 6.26. The Hall–Kier alpha value is -0.710. The Morgan fingerprint density at radius 3 is 2.17 bits per heavy atom. The maximum Gasteiger partial charge on any atom is 0.307 e. The first-order valence-electron chi connectivity index (χ1n) is 5.55. The van der Waals surface area contributed by atoms with Crippen LogP contribution in [0.1, 0.15) is 13.8 Å². The predicted molar refractivity (Wildman–Crippen MR) is 63.0 cm³/mol. The molecule has 1 aliphatic carbocycles. The zero-order valence-electron chi connectivity index (χ0n) is 10.2. The van der Waals surface area contributed by atoms with Gasteiger partial charge in [0.25, 0.3) is 0 Å². The molecular formula is C12H16ClF3O2. The maximum absolute atomic E-state index is 12.9. The number of alkyl halides is 4. The van der Waals surface area contributed by atoms with Crippen LogP contribution >= 0.6 is 11.6 Å². The Balaban J connectivity index is 2.98. The summed E-state index contributed by atoms with van der Waals surface area (Å²) in [7, 11) is 0. The van der Waals surface area contributed by atoms with E-state index < -0.39 is 48.1 Å². The molecule has 0 aromatic heterocycles. The second kappa shape index (κ2) is 5.11. The van der Waals surface area contributed by atoms with E-state index in [9.17, 15) is 18.0 Å². The van der Waals surface area contributed by atoms with Gasteiger partial charge in [0.15, 0.2) is 0 Å². The van der Waals surface area contributed by atoms with Crippen LogP contribution in [0.2, 0.25) is 0 Å². The van der Waals surface area contributed by atoms with Crippen molar-refractivity contribution >= 4 is 17.6 Å². The van der Waals surface area contributed by atoms with E-state index in [1.165, 1.54) is 6.08 Å². The zero-order valence-corrected chi connectivity index (χ0v) is 11.0. The molecule has 1 fully saturated rings. The van der Waals surface area contributed by atoms with E-state index in [4.69, 9.17) is 16.7 Å². The molecule has 0 aromatic carbocycles. The number of allylic oxidation sites excluding steroid dienone is 2. The molecule has 0 bridgehead atoms. The number of hydrogen-bond donors (Lipinski definition) is 1. The molecule has 1 saturated carbocycles. The van der Waals surface area contributed by atoms with Crippen LogP contribution < -0.4 is 0 Å². The Morgan fingerprint density at radius 2 is 1.89 bits per heavy atom. The predicted octanol–water partition coefficient (Wildman–Crippen LogP) is 3.16. The van der Waals surface area contributed by atoms with E-state index >= 15 is 0 Å². The molecule has 1 rings (SSSR count). The molecule has 1 N–H and O–H groups in total. The second-order valence-electron chi connectivity index (χ2n) is 5.22. The minimum atomic E-state index is -2.00. The molecule has 0 heterocycles. The molecule has 18 heavy (non-hydrogen) atoms. The van der Waals surface area contributed by atoms with Crippen molar-refractivity contribution in [3.8, 4) is 0 Å². The van der Waals surface area contributed by atoms with Gasteiger partial charge in [-0.3, -0.25) is 4.79 Å². The third kappa shape index (κ3) is 2.51. The van der Waals surface area contributed by atoms with E-state index in [0.717, 1.165) is 0 Å². The highest BCUT2D eigenvalue weighted by atomic mass is 35.5. The second-order valence-corrected chi connectivity index (χ2v) is 5.94. The average molecular weight is 285 g/mol. The summed E-state index contributed by atoms with van der Waals surface area (Å²) in [6, 6.07) is 0. The first kappa shape index (κ1) is 15.3. The summed E-state index contributed by atoms with van der Waals surface area (Å²) in [5.74, 6) is -2.11. The zero-order chi connectivity index (χ0) is 14.1. The minimum absolute atomic E-state index is 0.212. The van der Waals surface area contributed by atoms with Crippen LogP contribution in [0.5, 0.6) is 0 Å². The van der Waals surface area contributed by atoms with Gasteiger partial charge in [0.05, 0.1) is 5.92 Å². The minimum Gasteiger partial charge on any atom is -0.481 e. The largest absolute Gasteiger partial charge is 0.481 e. The van der Waals surface area contributed by atoms with Gasteiger partial charge in [0, 0.05) is 0 Å². The SMILES string of the molecule is CC1(C)C(/C=C(\CF)C(Cl)(CF)CF)C1C(=O)O. The Bertz CT molecular complexity index is 364. The standard InChI is InChI=1S/C12H16ClF3O2/c1-11(2)8(9(11)10(17)18)3-7(4-14)12(13,5-15)6-16/h3,8-9H,4-6H2,1-2H3,(H,17,18)/b7-3+. The van der Waals surface area contributed by atoms with E-state index in [-0.39, 0.29) is 5.57 Å². The van der Waals surface area contributed by atoms with E-state index in [2.05, 4.69) is 0 Å². The number of rotatable bonds is 6. The van der Waals surface area contributed by atoms with Gasteiger partial charge in [-0.25, -0.2) is 13.2 Å². The summed E-state index contributed by atoms with van der Waals surface area (Å²) >= 11 is 5.66.